The van der Waals surface area contributed by atoms with Crippen LogP contribution in [0, 0.1) is 0 Å². The molecule has 0 bridgehead atoms. The smallest absolute Gasteiger partial charge is 0.337 e. The lowest BCUT2D eigenvalue weighted by atomic mass is 10.2. The van der Waals surface area contributed by atoms with Crippen LogP contribution < -0.4 is 5.32 Å². The fraction of sp³-hybridized carbons (Fsp3) is 0.0769. The predicted molar refractivity (Wildman–Crippen MR) is 82.1 cm³/mol. The van der Waals surface area contributed by atoms with Crippen molar-refractivity contribution in [2.24, 2.45) is 0 Å². The molecule has 1 heterocycles. The van der Waals surface area contributed by atoms with Gasteiger partial charge in [-0.2, -0.15) is 0 Å². The summed E-state index contributed by atoms with van der Waals surface area (Å²) >= 11 is 8.76. The van der Waals surface area contributed by atoms with E-state index in [1.165, 1.54) is 23.9 Å². The molecule has 2 aromatic rings. The second-order valence-corrected chi connectivity index (χ2v) is 6.40. The standard InChI is InChI=1S/C13H10ClNO3S2/c14-10-4-3-8(6-9(10)13(17)18)15-11(16)7-20-12-2-1-5-19-12/h1-6H,7H2,(H,15,16)(H,17,18). The summed E-state index contributed by atoms with van der Waals surface area (Å²) in [6, 6.07) is 8.23. The third kappa shape index (κ3) is 4.00. The van der Waals surface area contributed by atoms with E-state index in [0.717, 1.165) is 4.21 Å². The molecule has 20 heavy (non-hydrogen) atoms. The molecule has 104 valence electrons. The van der Waals surface area contributed by atoms with Gasteiger partial charge in [-0.05, 0) is 29.6 Å². The number of carbonyl (C=O) groups excluding carboxylic acids is 1. The number of anilines is 1. The first-order chi connectivity index (χ1) is 9.56. The molecule has 0 aliphatic rings. The lowest BCUT2D eigenvalue weighted by molar-refractivity contribution is -0.113. The zero-order valence-electron chi connectivity index (χ0n) is 10.1. The molecule has 0 radical (unpaired) electrons. The van der Waals surface area contributed by atoms with Crippen molar-refractivity contribution in [3.05, 3.63) is 46.3 Å². The van der Waals surface area contributed by atoms with Gasteiger partial charge in [-0.25, -0.2) is 4.79 Å². The van der Waals surface area contributed by atoms with E-state index in [9.17, 15) is 9.59 Å². The molecule has 0 aliphatic carbocycles. The van der Waals surface area contributed by atoms with Gasteiger partial charge in [-0.15, -0.1) is 23.1 Å². The van der Waals surface area contributed by atoms with E-state index in [1.54, 1.807) is 17.4 Å². The van der Waals surface area contributed by atoms with Crippen LogP contribution in [0.15, 0.2) is 39.9 Å². The van der Waals surface area contributed by atoms with Gasteiger partial charge in [0.2, 0.25) is 5.91 Å². The molecule has 1 aromatic heterocycles. The number of hydrogen-bond donors (Lipinski definition) is 2. The number of nitrogens with one attached hydrogen (secondary N) is 1. The summed E-state index contributed by atoms with van der Waals surface area (Å²) < 4.78 is 1.06. The van der Waals surface area contributed by atoms with Gasteiger partial charge in [0.1, 0.15) is 0 Å². The second-order valence-electron chi connectivity index (χ2n) is 3.77. The average molecular weight is 328 g/mol. The molecule has 4 nitrogen and oxygen atoms in total. The molecular formula is C13H10ClNO3S2. The highest BCUT2D eigenvalue weighted by Crippen LogP contribution is 2.24. The Balaban J connectivity index is 1.97. The first-order valence-corrected chi connectivity index (χ1v) is 7.79. The highest BCUT2D eigenvalue weighted by molar-refractivity contribution is 8.01. The van der Waals surface area contributed by atoms with E-state index in [1.807, 2.05) is 17.5 Å². The lowest BCUT2D eigenvalue weighted by Gasteiger charge is -2.06. The molecule has 7 heteroatoms. The van der Waals surface area contributed by atoms with E-state index >= 15 is 0 Å². The van der Waals surface area contributed by atoms with Crippen LogP contribution >= 0.6 is 34.7 Å². The zero-order chi connectivity index (χ0) is 14.5. The van der Waals surface area contributed by atoms with E-state index in [2.05, 4.69) is 5.32 Å². The van der Waals surface area contributed by atoms with Crippen LogP contribution in [0.2, 0.25) is 5.02 Å². The summed E-state index contributed by atoms with van der Waals surface area (Å²) in [5.41, 5.74) is 0.388. The number of carboxylic acid groups (broad SMARTS) is 1. The normalized spacial score (nSPS) is 10.2. The molecule has 1 amide bonds. The number of halogens is 1. The van der Waals surface area contributed by atoms with Crippen LogP contribution in [0.1, 0.15) is 10.4 Å². The maximum atomic E-state index is 11.8. The molecular weight excluding hydrogens is 318 g/mol. The average Bonchev–Trinajstić information content (AvgIpc) is 2.91. The van der Waals surface area contributed by atoms with Gasteiger partial charge < -0.3 is 10.4 Å². The minimum absolute atomic E-state index is 0.0321. The second kappa shape index (κ2) is 6.78. The Morgan fingerprint density at radius 3 is 2.80 bits per heavy atom. The van der Waals surface area contributed by atoms with Crippen LogP contribution in [0.3, 0.4) is 0 Å². The number of aromatic carboxylic acids is 1. The summed E-state index contributed by atoms with van der Waals surface area (Å²) in [7, 11) is 0. The Hall–Kier alpha value is -1.50. The predicted octanol–water partition coefficient (Wildman–Crippen LogP) is 3.83. The van der Waals surface area contributed by atoms with E-state index in [0.29, 0.717) is 5.69 Å². The summed E-state index contributed by atoms with van der Waals surface area (Å²) in [6.07, 6.45) is 0. The summed E-state index contributed by atoms with van der Waals surface area (Å²) in [6.45, 7) is 0. The Kier molecular flexibility index (Phi) is 5.05. The zero-order valence-corrected chi connectivity index (χ0v) is 12.5. The van der Waals surface area contributed by atoms with Crippen LogP contribution in [0.25, 0.3) is 0 Å². The van der Waals surface area contributed by atoms with Crippen molar-refractivity contribution in [2.75, 3.05) is 11.1 Å². The van der Waals surface area contributed by atoms with Crippen molar-refractivity contribution in [1.29, 1.82) is 0 Å². The van der Waals surface area contributed by atoms with Crippen molar-refractivity contribution < 1.29 is 14.7 Å². The number of benzene rings is 1. The number of amides is 1. The van der Waals surface area contributed by atoms with Gasteiger partial charge in [0.05, 0.1) is 20.5 Å². The van der Waals surface area contributed by atoms with Crippen LogP contribution in [-0.2, 0) is 4.79 Å². The van der Waals surface area contributed by atoms with Crippen molar-refractivity contribution in [3.8, 4) is 0 Å². The number of thioether (sulfide) groups is 1. The number of rotatable bonds is 5. The quantitative estimate of drug-likeness (QED) is 0.819. The van der Waals surface area contributed by atoms with Gasteiger partial charge in [-0.1, -0.05) is 17.7 Å². The third-order valence-electron chi connectivity index (χ3n) is 2.32. The Labute approximate surface area is 128 Å². The molecule has 0 aliphatic heterocycles. The van der Waals surface area contributed by atoms with Crippen LogP contribution in [0.4, 0.5) is 5.69 Å². The fourth-order valence-corrected chi connectivity index (χ4v) is 3.23. The molecule has 2 rings (SSSR count). The van der Waals surface area contributed by atoms with E-state index in [-0.39, 0.29) is 22.2 Å². The molecule has 0 unspecified atom stereocenters. The van der Waals surface area contributed by atoms with Gasteiger partial charge in [0.25, 0.3) is 0 Å². The molecule has 0 atom stereocenters. The number of thiophene rings is 1. The Bertz CT molecular complexity index is 629. The van der Waals surface area contributed by atoms with Crippen molar-refractivity contribution in [2.45, 2.75) is 4.21 Å². The van der Waals surface area contributed by atoms with Gasteiger partial charge in [-0.3, -0.25) is 4.79 Å². The molecule has 0 saturated carbocycles. The summed E-state index contributed by atoms with van der Waals surface area (Å²) in [5.74, 6) is -1.05. The minimum atomic E-state index is -1.13. The Morgan fingerprint density at radius 1 is 1.35 bits per heavy atom. The van der Waals surface area contributed by atoms with Crippen LogP contribution in [0.5, 0.6) is 0 Å². The SMILES string of the molecule is O=C(CSc1cccs1)Nc1ccc(Cl)c(C(=O)O)c1. The van der Waals surface area contributed by atoms with Crippen molar-refractivity contribution in [3.63, 3.8) is 0 Å². The lowest BCUT2D eigenvalue weighted by Crippen LogP contribution is -2.14. The van der Waals surface area contributed by atoms with Crippen molar-refractivity contribution >= 4 is 52.3 Å². The van der Waals surface area contributed by atoms with Gasteiger partial charge in [0, 0.05) is 5.69 Å². The number of carbonyl (C=O) groups is 2. The van der Waals surface area contributed by atoms with Crippen LogP contribution in [-0.4, -0.2) is 22.7 Å². The maximum Gasteiger partial charge on any atom is 0.337 e. The van der Waals surface area contributed by atoms with Crippen molar-refractivity contribution in [1.82, 2.24) is 0 Å². The Morgan fingerprint density at radius 2 is 2.15 bits per heavy atom. The third-order valence-corrected chi connectivity index (χ3v) is 4.78. The molecule has 1 aromatic carbocycles. The largest absolute Gasteiger partial charge is 0.478 e. The first kappa shape index (κ1) is 14.9. The first-order valence-electron chi connectivity index (χ1n) is 5.55. The molecule has 0 fully saturated rings. The number of carboxylic acids is 1. The minimum Gasteiger partial charge on any atom is -0.478 e. The molecule has 0 saturated heterocycles. The molecule has 2 N–H and O–H groups in total. The maximum absolute atomic E-state index is 11.8. The topological polar surface area (TPSA) is 66.4 Å². The molecule has 0 spiro atoms. The van der Waals surface area contributed by atoms with Gasteiger partial charge >= 0.3 is 5.97 Å². The number of hydrogen-bond acceptors (Lipinski definition) is 4. The highest BCUT2D eigenvalue weighted by Gasteiger charge is 2.11. The van der Waals surface area contributed by atoms with E-state index < -0.39 is 5.97 Å². The van der Waals surface area contributed by atoms with E-state index in [4.69, 9.17) is 16.7 Å². The summed E-state index contributed by atoms with van der Waals surface area (Å²) in [4.78, 5) is 22.7. The van der Waals surface area contributed by atoms with Gasteiger partial charge in [0.15, 0.2) is 0 Å². The highest BCUT2D eigenvalue weighted by atomic mass is 35.5. The monoisotopic (exact) mass is 327 g/mol. The fourth-order valence-electron chi connectivity index (χ4n) is 1.45. The summed E-state index contributed by atoms with van der Waals surface area (Å²) in [5, 5.41) is 13.7.